The molecule has 27 heavy (non-hydrogen) atoms. The highest BCUT2D eigenvalue weighted by atomic mass is 127. The molecule has 148 valence electrons. The normalized spacial score (nSPS) is 17.1. The molecule has 1 unspecified atom stereocenters. The van der Waals surface area contributed by atoms with E-state index in [1.54, 1.807) is 7.11 Å². The molecule has 0 spiro atoms. The van der Waals surface area contributed by atoms with Gasteiger partial charge in [0.25, 0.3) is 0 Å². The van der Waals surface area contributed by atoms with E-state index in [4.69, 9.17) is 9.73 Å². The quantitative estimate of drug-likeness (QED) is 0.390. The number of aliphatic imine (C=N–C) groups is 1. The second-order valence-corrected chi connectivity index (χ2v) is 6.80. The molecule has 0 amide bonds. The molecule has 1 N–H and O–H groups in total. The Bertz CT molecular complexity index is 745. The van der Waals surface area contributed by atoms with Gasteiger partial charge in [0.05, 0.1) is 19.3 Å². The van der Waals surface area contributed by atoms with E-state index in [0.29, 0.717) is 19.1 Å². The Morgan fingerprint density at radius 1 is 1.37 bits per heavy atom. The van der Waals surface area contributed by atoms with Gasteiger partial charge in [0, 0.05) is 45.9 Å². The minimum atomic E-state index is 0. The van der Waals surface area contributed by atoms with E-state index in [1.165, 1.54) is 16.7 Å². The first-order valence-corrected chi connectivity index (χ1v) is 9.28. The first-order chi connectivity index (χ1) is 12.7. The van der Waals surface area contributed by atoms with Crippen LogP contribution in [0.15, 0.2) is 41.7 Å². The van der Waals surface area contributed by atoms with Crippen LogP contribution in [-0.4, -0.2) is 47.4 Å². The number of ether oxygens (including phenoxy) is 1. The molecule has 6 nitrogen and oxygen atoms in total. The predicted molar refractivity (Wildman–Crippen MR) is 120 cm³/mol. The molecule has 0 bridgehead atoms. The average molecular weight is 483 g/mol. The maximum Gasteiger partial charge on any atom is 0.194 e. The highest BCUT2D eigenvalue weighted by Gasteiger charge is 2.26. The summed E-state index contributed by atoms with van der Waals surface area (Å²) in [5.74, 6) is 1.52. The van der Waals surface area contributed by atoms with Crippen molar-refractivity contribution < 1.29 is 4.74 Å². The van der Waals surface area contributed by atoms with Crippen LogP contribution in [-0.2, 0) is 24.9 Å². The molecule has 7 heteroatoms. The lowest BCUT2D eigenvalue weighted by atomic mass is 10.0. The second-order valence-electron chi connectivity index (χ2n) is 6.80. The molecule has 3 rings (SSSR count). The number of aryl methyl sites for hydroxylation is 1. The molecule has 0 saturated carbocycles. The molecule has 1 atom stereocenters. The summed E-state index contributed by atoms with van der Waals surface area (Å²) < 4.78 is 7.10. The third kappa shape index (κ3) is 5.93. The van der Waals surface area contributed by atoms with Crippen LogP contribution in [0.2, 0.25) is 0 Å². The van der Waals surface area contributed by atoms with Crippen LogP contribution in [0, 0.1) is 0 Å². The maximum absolute atomic E-state index is 5.22. The number of hydrogen-bond donors (Lipinski definition) is 1. The van der Waals surface area contributed by atoms with E-state index in [0.717, 1.165) is 32.0 Å². The van der Waals surface area contributed by atoms with E-state index in [-0.39, 0.29) is 24.0 Å². The van der Waals surface area contributed by atoms with Crippen LogP contribution in [0.4, 0.5) is 0 Å². The van der Waals surface area contributed by atoms with E-state index in [1.807, 2.05) is 17.9 Å². The van der Waals surface area contributed by atoms with Gasteiger partial charge in [-0.05, 0) is 30.0 Å². The topological polar surface area (TPSA) is 54.7 Å². The van der Waals surface area contributed by atoms with Crippen molar-refractivity contribution in [3.05, 3.63) is 53.3 Å². The smallest absolute Gasteiger partial charge is 0.194 e. The predicted octanol–water partition coefficient (Wildman–Crippen LogP) is 3.14. The van der Waals surface area contributed by atoms with Gasteiger partial charge in [0.2, 0.25) is 0 Å². The van der Waals surface area contributed by atoms with Gasteiger partial charge >= 0.3 is 0 Å². The van der Waals surface area contributed by atoms with Gasteiger partial charge in [-0.2, -0.15) is 5.10 Å². The number of likely N-dealkylation sites (tertiary alicyclic amines) is 1. The van der Waals surface area contributed by atoms with E-state index in [2.05, 4.69) is 52.7 Å². The summed E-state index contributed by atoms with van der Waals surface area (Å²) in [5, 5.41) is 7.75. The van der Waals surface area contributed by atoms with Crippen LogP contribution in [0.25, 0.3) is 0 Å². The number of hydrogen-bond acceptors (Lipinski definition) is 3. The molecule has 2 heterocycles. The Balaban J connectivity index is 0.00000261. The Hall–Kier alpha value is -1.61. The van der Waals surface area contributed by atoms with Crippen LogP contribution >= 0.6 is 24.0 Å². The van der Waals surface area contributed by atoms with Crippen molar-refractivity contribution in [2.75, 3.05) is 26.7 Å². The molecule has 1 aliphatic rings. The van der Waals surface area contributed by atoms with Crippen molar-refractivity contribution in [3.63, 3.8) is 0 Å². The minimum absolute atomic E-state index is 0. The number of nitrogens with one attached hydrogen (secondary N) is 1. The van der Waals surface area contributed by atoms with Gasteiger partial charge in [-0.1, -0.05) is 24.3 Å². The van der Waals surface area contributed by atoms with Gasteiger partial charge in [0.1, 0.15) is 0 Å². The molecule has 0 radical (unpaired) electrons. The number of aromatic nitrogens is 2. The SMILES string of the molecule is CCNC(=NCc1cccc(COC)c1)N1CCC(c2cnn(C)c2)C1.I. The zero-order chi connectivity index (χ0) is 18.4. The summed E-state index contributed by atoms with van der Waals surface area (Å²) in [6.07, 6.45) is 5.25. The summed E-state index contributed by atoms with van der Waals surface area (Å²) >= 11 is 0. The van der Waals surface area contributed by atoms with Crippen molar-refractivity contribution >= 4 is 29.9 Å². The second kappa shape index (κ2) is 10.7. The number of halogens is 1. The van der Waals surface area contributed by atoms with E-state index in [9.17, 15) is 0 Å². The Morgan fingerprint density at radius 3 is 2.89 bits per heavy atom. The highest BCUT2D eigenvalue weighted by molar-refractivity contribution is 14.0. The fourth-order valence-corrected chi connectivity index (χ4v) is 3.45. The van der Waals surface area contributed by atoms with Crippen molar-refractivity contribution in [1.29, 1.82) is 0 Å². The summed E-state index contributed by atoms with van der Waals surface area (Å²) in [4.78, 5) is 7.23. The Morgan fingerprint density at radius 2 is 2.19 bits per heavy atom. The van der Waals surface area contributed by atoms with Crippen molar-refractivity contribution in [3.8, 4) is 0 Å². The third-order valence-electron chi connectivity index (χ3n) is 4.73. The molecular formula is C20H30IN5O. The fraction of sp³-hybridized carbons (Fsp3) is 0.500. The first kappa shape index (κ1) is 21.7. The highest BCUT2D eigenvalue weighted by Crippen LogP contribution is 2.26. The van der Waals surface area contributed by atoms with Gasteiger partial charge in [-0.15, -0.1) is 24.0 Å². The standard InChI is InChI=1S/C20H29N5O.HI/c1-4-21-20(22-11-16-6-5-7-17(10-16)15-26-3)25-9-8-18(14-25)19-12-23-24(2)13-19;/h5-7,10,12-13,18H,4,8-9,11,14-15H2,1-3H3,(H,21,22);1H. The number of nitrogens with zero attached hydrogens (tertiary/aromatic N) is 4. The zero-order valence-electron chi connectivity index (χ0n) is 16.4. The summed E-state index contributed by atoms with van der Waals surface area (Å²) in [7, 11) is 3.69. The van der Waals surface area contributed by atoms with Gasteiger partial charge < -0.3 is 15.0 Å². The van der Waals surface area contributed by atoms with Crippen LogP contribution in [0.5, 0.6) is 0 Å². The third-order valence-corrected chi connectivity index (χ3v) is 4.73. The molecule has 1 aliphatic heterocycles. The Kier molecular flexibility index (Phi) is 8.56. The lowest BCUT2D eigenvalue weighted by Gasteiger charge is -2.21. The number of methoxy groups -OCH3 is 1. The summed E-state index contributed by atoms with van der Waals surface area (Å²) in [6.45, 7) is 6.31. The molecule has 0 aliphatic carbocycles. The maximum atomic E-state index is 5.22. The Labute approximate surface area is 179 Å². The van der Waals surface area contributed by atoms with Crippen LogP contribution in [0.3, 0.4) is 0 Å². The molecular weight excluding hydrogens is 453 g/mol. The molecule has 2 aromatic rings. The monoisotopic (exact) mass is 483 g/mol. The van der Waals surface area contributed by atoms with Gasteiger partial charge in [0.15, 0.2) is 5.96 Å². The largest absolute Gasteiger partial charge is 0.380 e. The van der Waals surface area contributed by atoms with Crippen molar-refractivity contribution in [2.24, 2.45) is 12.0 Å². The van der Waals surface area contributed by atoms with E-state index >= 15 is 0 Å². The summed E-state index contributed by atoms with van der Waals surface area (Å²) in [5.41, 5.74) is 3.71. The van der Waals surface area contributed by atoms with Crippen molar-refractivity contribution in [1.82, 2.24) is 20.0 Å². The lowest BCUT2D eigenvalue weighted by molar-refractivity contribution is 0.185. The van der Waals surface area contributed by atoms with Gasteiger partial charge in [-0.25, -0.2) is 4.99 Å². The van der Waals surface area contributed by atoms with Gasteiger partial charge in [-0.3, -0.25) is 4.68 Å². The molecule has 1 aromatic carbocycles. The fourth-order valence-electron chi connectivity index (χ4n) is 3.45. The molecule has 1 saturated heterocycles. The first-order valence-electron chi connectivity index (χ1n) is 9.28. The average Bonchev–Trinajstić information content (AvgIpc) is 3.28. The van der Waals surface area contributed by atoms with Crippen molar-refractivity contribution in [2.45, 2.75) is 32.4 Å². The minimum Gasteiger partial charge on any atom is -0.380 e. The lowest BCUT2D eigenvalue weighted by Crippen LogP contribution is -2.40. The number of rotatable bonds is 6. The van der Waals surface area contributed by atoms with Crippen LogP contribution < -0.4 is 5.32 Å². The van der Waals surface area contributed by atoms with Crippen LogP contribution in [0.1, 0.15) is 36.0 Å². The molecule has 1 fully saturated rings. The number of benzene rings is 1. The zero-order valence-corrected chi connectivity index (χ0v) is 18.7. The molecule has 1 aromatic heterocycles. The summed E-state index contributed by atoms with van der Waals surface area (Å²) in [6, 6.07) is 8.44. The number of guanidine groups is 1. The van der Waals surface area contributed by atoms with E-state index < -0.39 is 0 Å².